The van der Waals surface area contributed by atoms with Crippen LogP contribution in [0.1, 0.15) is 16.2 Å². The first-order chi connectivity index (χ1) is 10.1. The third kappa shape index (κ3) is 2.82. The number of thiazole rings is 1. The van der Waals surface area contributed by atoms with E-state index in [0.29, 0.717) is 10.8 Å². The fourth-order valence-electron chi connectivity index (χ4n) is 1.95. The van der Waals surface area contributed by atoms with Crippen molar-refractivity contribution < 1.29 is 4.79 Å². The van der Waals surface area contributed by atoms with Crippen LogP contribution in [0.2, 0.25) is 0 Å². The van der Waals surface area contributed by atoms with Gasteiger partial charge in [-0.2, -0.15) is 5.10 Å². The van der Waals surface area contributed by atoms with E-state index in [-0.39, 0.29) is 5.91 Å². The summed E-state index contributed by atoms with van der Waals surface area (Å²) in [5.41, 5.74) is 2.83. The van der Waals surface area contributed by atoms with Gasteiger partial charge in [-0.05, 0) is 25.1 Å². The highest BCUT2D eigenvalue weighted by molar-refractivity contribution is 7.14. The zero-order valence-corrected chi connectivity index (χ0v) is 12.4. The number of anilines is 1. The molecule has 0 aliphatic carbocycles. The van der Waals surface area contributed by atoms with Gasteiger partial charge in [-0.3, -0.25) is 19.8 Å². The number of rotatable bonds is 3. The number of aromatic nitrogens is 4. The van der Waals surface area contributed by atoms with E-state index in [2.05, 4.69) is 20.4 Å². The topological polar surface area (TPSA) is 72.7 Å². The summed E-state index contributed by atoms with van der Waals surface area (Å²) in [5, 5.41) is 9.35. The van der Waals surface area contributed by atoms with E-state index < -0.39 is 0 Å². The monoisotopic (exact) mass is 299 g/mol. The molecule has 1 N–H and O–H groups in total. The number of hydrogen-bond acceptors (Lipinski definition) is 5. The molecule has 0 atom stereocenters. The normalized spacial score (nSPS) is 10.6. The van der Waals surface area contributed by atoms with Gasteiger partial charge in [-0.25, -0.2) is 4.98 Å². The second-order valence-corrected chi connectivity index (χ2v) is 5.36. The summed E-state index contributed by atoms with van der Waals surface area (Å²) in [5.74, 6) is -0.222. The van der Waals surface area contributed by atoms with Crippen molar-refractivity contribution in [1.29, 1.82) is 0 Å². The maximum atomic E-state index is 12.2. The number of carbonyl (C=O) groups excluding carboxylic acids is 1. The molecule has 7 heteroatoms. The van der Waals surface area contributed by atoms with E-state index >= 15 is 0 Å². The number of hydrogen-bond donors (Lipinski definition) is 1. The molecule has 106 valence electrons. The predicted molar refractivity (Wildman–Crippen MR) is 81.2 cm³/mol. The van der Waals surface area contributed by atoms with Crippen molar-refractivity contribution >= 4 is 22.4 Å². The molecule has 3 heterocycles. The lowest BCUT2D eigenvalue weighted by Crippen LogP contribution is -2.15. The molecule has 0 aromatic carbocycles. The van der Waals surface area contributed by atoms with Gasteiger partial charge in [0, 0.05) is 18.6 Å². The second kappa shape index (κ2) is 5.45. The zero-order valence-electron chi connectivity index (χ0n) is 11.6. The lowest BCUT2D eigenvalue weighted by Gasteiger charge is -2.01. The largest absolute Gasteiger partial charge is 0.296 e. The molecule has 0 unspecified atom stereocenters. The summed E-state index contributed by atoms with van der Waals surface area (Å²) in [6.45, 7) is 1.85. The first kappa shape index (κ1) is 13.4. The minimum absolute atomic E-state index is 0.222. The smallest absolute Gasteiger partial charge is 0.275 e. The van der Waals surface area contributed by atoms with Crippen LogP contribution >= 0.6 is 11.3 Å². The van der Waals surface area contributed by atoms with Crippen molar-refractivity contribution in [2.45, 2.75) is 6.92 Å². The number of nitrogens with zero attached hydrogens (tertiary/aromatic N) is 4. The zero-order chi connectivity index (χ0) is 14.8. The van der Waals surface area contributed by atoms with Crippen LogP contribution in [-0.4, -0.2) is 25.7 Å². The third-order valence-electron chi connectivity index (χ3n) is 2.89. The molecule has 0 spiro atoms. The summed E-state index contributed by atoms with van der Waals surface area (Å²) in [6.07, 6.45) is 1.71. The molecular weight excluding hydrogens is 286 g/mol. The highest BCUT2D eigenvalue weighted by atomic mass is 32.1. The summed E-state index contributed by atoms with van der Waals surface area (Å²) >= 11 is 1.37. The minimum Gasteiger partial charge on any atom is -0.296 e. The van der Waals surface area contributed by atoms with Gasteiger partial charge >= 0.3 is 0 Å². The maximum absolute atomic E-state index is 12.2. The molecule has 0 fully saturated rings. The number of nitrogens with one attached hydrogen (secondary N) is 1. The van der Waals surface area contributed by atoms with Crippen molar-refractivity contribution in [1.82, 2.24) is 19.7 Å². The summed E-state index contributed by atoms with van der Waals surface area (Å²) in [4.78, 5) is 20.8. The van der Waals surface area contributed by atoms with Gasteiger partial charge in [0.25, 0.3) is 5.91 Å². The lowest BCUT2D eigenvalue weighted by atomic mass is 10.3. The molecule has 3 aromatic heterocycles. The van der Waals surface area contributed by atoms with Gasteiger partial charge in [-0.15, -0.1) is 11.3 Å². The predicted octanol–water partition coefficient (Wildman–Crippen LogP) is 2.50. The van der Waals surface area contributed by atoms with Gasteiger partial charge in [0.05, 0.1) is 11.4 Å². The fourth-order valence-corrected chi connectivity index (χ4v) is 2.65. The molecule has 6 nitrogen and oxygen atoms in total. The van der Waals surface area contributed by atoms with Crippen molar-refractivity contribution in [2.75, 3.05) is 5.32 Å². The average Bonchev–Trinajstić information content (AvgIpc) is 3.06. The Balaban J connectivity index is 1.79. The lowest BCUT2D eigenvalue weighted by molar-refractivity contribution is 0.101. The average molecular weight is 299 g/mol. The summed E-state index contributed by atoms with van der Waals surface area (Å²) in [6, 6.07) is 7.37. The highest BCUT2D eigenvalue weighted by Crippen LogP contribution is 2.23. The van der Waals surface area contributed by atoms with E-state index in [4.69, 9.17) is 0 Å². The standard InChI is InChI=1S/C14H13N5OS/c1-9-7-12(19(2)18-9)13(20)17-14-16-11(8-21-14)10-5-3-4-6-15-10/h3-8H,1-2H3,(H,16,17,20). The Labute approximate surface area is 125 Å². The van der Waals surface area contributed by atoms with Crippen LogP contribution in [0.25, 0.3) is 11.4 Å². The van der Waals surface area contributed by atoms with Crippen LogP contribution in [0.5, 0.6) is 0 Å². The Kier molecular flexibility index (Phi) is 3.49. The van der Waals surface area contributed by atoms with Gasteiger partial charge in [0.1, 0.15) is 11.4 Å². The first-order valence-corrected chi connectivity index (χ1v) is 7.20. The van der Waals surface area contributed by atoms with Crippen LogP contribution in [0.3, 0.4) is 0 Å². The molecule has 21 heavy (non-hydrogen) atoms. The SMILES string of the molecule is Cc1cc(C(=O)Nc2nc(-c3ccccn3)cs2)n(C)n1. The van der Waals surface area contributed by atoms with Crippen LogP contribution < -0.4 is 5.32 Å². The first-order valence-electron chi connectivity index (χ1n) is 6.32. The van der Waals surface area contributed by atoms with Crippen molar-refractivity contribution in [3.8, 4) is 11.4 Å². The van der Waals surface area contributed by atoms with Crippen molar-refractivity contribution in [3.05, 3.63) is 47.2 Å². The van der Waals surface area contributed by atoms with Gasteiger partial charge < -0.3 is 0 Å². The highest BCUT2D eigenvalue weighted by Gasteiger charge is 2.14. The molecule has 0 saturated heterocycles. The Morgan fingerprint density at radius 3 is 2.86 bits per heavy atom. The minimum atomic E-state index is -0.222. The van der Waals surface area contributed by atoms with Crippen LogP contribution in [-0.2, 0) is 7.05 Å². The molecule has 0 bridgehead atoms. The number of aryl methyl sites for hydroxylation is 2. The van der Waals surface area contributed by atoms with E-state index in [1.165, 1.54) is 11.3 Å². The Morgan fingerprint density at radius 1 is 1.33 bits per heavy atom. The van der Waals surface area contributed by atoms with Gasteiger partial charge in [0.15, 0.2) is 5.13 Å². The van der Waals surface area contributed by atoms with Gasteiger partial charge in [-0.1, -0.05) is 6.07 Å². The van der Waals surface area contributed by atoms with Gasteiger partial charge in [0.2, 0.25) is 0 Å². The Hall–Kier alpha value is -2.54. The number of carbonyl (C=O) groups is 1. The summed E-state index contributed by atoms with van der Waals surface area (Å²) < 4.78 is 1.55. The van der Waals surface area contributed by atoms with Crippen molar-refractivity contribution in [2.24, 2.45) is 7.05 Å². The van der Waals surface area contributed by atoms with E-state index in [1.54, 1.807) is 24.0 Å². The van der Waals surface area contributed by atoms with Crippen LogP contribution in [0.15, 0.2) is 35.8 Å². The molecule has 0 saturated carbocycles. The second-order valence-electron chi connectivity index (χ2n) is 4.50. The number of amides is 1. The van der Waals surface area contributed by atoms with E-state index in [0.717, 1.165) is 17.1 Å². The van der Waals surface area contributed by atoms with Crippen LogP contribution in [0, 0.1) is 6.92 Å². The third-order valence-corrected chi connectivity index (χ3v) is 3.64. The van der Waals surface area contributed by atoms with Crippen molar-refractivity contribution in [3.63, 3.8) is 0 Å². The fraction of sp³-hybridized carbons (Fsp3) is 0.143. The quantitative estimate of drug-likeness (QED) is 0.806. The molecule has 0 aliphatic rings. The molecule has 0 radical (unpaired) electrons. The molecule has 1 amide bonds. The van der Waals surface area contributed by atoms with E-state index in [9.17, 15) is 4.79 Å². The number of pyridine rings is 1. The molecular formula is C14H13N5OS. The summed E-state index contributed by atoms with van der Waals surface area (Å²) in [7, 11) is 1.74. The molecule has 3 rings (SSSR count). The maximum Gasteiger partial charge on any atom is 0.275 e. The molecule has 0 aliphatic heterocycles. The van der Waals surface area contributed by atoms with Crippen LogP contribution in [0.4, 0.5) is 5.13 Å². The Morgan fingerprint density at radius 2 is 2.19 bits per heavy atom. The Bertz CT molecular complexity index is 778. The van der Waals surface area contributed by atoms with E-state index in [1.807, 2.05) is 30.5 Å². The molecule has 3 aromatic rings.